The van der Waals surface area contributed by atoms with Gasteiger partial charge in [-0.25, -0.2) is 0 Å². The molecule has 0 amide bonds. The van der Waals surface area contributed by atoms with Crippen molar-refractivity contribution in [3.63, 3.8) is 0 Å². The van der Waals surface area contributed by atoms with Crippen LogP contribution in [0.1, 0.15) is 99.3 Å². The van der Waals surface area contributed by atoms with Crippen LogP contribution in [0.25, 0.3) is 0 Å². The van der Waals surface area contributed by atoms with Crippen LogP contribution in [0.15, 0.2) is 11.6 Å². The van der Waals surface area contributed by atoms with Crippen molar-refractivity contribution in [2.45, 2.75) is 210 Å². The number of allylic oxidation sites excluding steroid dienone is 2. The number of fused-ring (bicyclic) bond motifs is 5. The van der Waals surface area contributed by atoms with E-state index in [1.54, 1.807) is 6.92 Å². The van der Waals surface area contributed by atoms with Crippen molar-refractivity contribution in [3.05, 3.63) is 11.6 Å². The predicted molar refractivity (Wildman–Crippen MR) is 215 cm³/mol. The Morgan fingerprint density at radius 2 is 1.24 bits per heavy atom. The molecular weight excluding hydrogens is 812 g/mol. The number of ether oxygens (including phenoxy) is 7. The number of aliphatic hydroxyl groups is 9. The molecule has 0 bridgehead atoms. The number of rotatable bonds is 9. The summed E-state index contributed by atoms with van der Waals surface area (Å²) in [5, 5.41) is 94.4. The van der Waals surface area contributed by atoms with E-state index in [0.29, 0.717) is 25.2 Å². The van der Waals surface area contributed by atoms with Gasteiger partial charge in [0.05, 0.1) is 31.0 Å². The lowest BCUT2D eigenvalue weighted by Crippen LogP contribution is -2.64. The Morgan fingerprint density at radius 3 is 1.89 bits per heavy atom. The van der Waals surface area contributed by atoms with Crippen molar-refractivity contribution < 1.29 is 83.9 Å². The van der Waals surface area contributed by atoms with Crippen LogP contribution in [0.4, 0.5) is 0 Å². The van der Waals surface area contributed by atoms with Gasteiger partial charge in [-0.15, -0.1) is 0 Å². The molecule has 7 fully saturated rings. The summed E-state index contributed by atoms with van der Waals surface area (Å²) in [4.78, 5) is 14.4. The fraction of sp³-hybridized carbons (Fsp3) is 0.933. The maximum absolute atomic E-state index is 14.4. The Morgan fingerprint density at radius 1 is 0.629 bits per heavy atom. The monoisotopic (exact) mass is 884 g/mol. The molecule has 3 saturated carbocycles. The molecule has 0 aromatic heterocycles. The zero-order valence-electron chi connectivity index (χ0n) is 36.8. The van der Waals surface area contributed by atoms with E-state index in [1.807, 2.05) is 13.0 Å². The van der Waals surface area contributed by atoms with Crippen LogP contribution < -0.4 is 0 Å². The second-order valence-corrected chi connectivity index (χ2v) is 20.7. The molecule has 0 aromatic carbocycles. The van der Waals surface area contributed by atoms with Gasteiger partial charge in [-0.05, 0) is 112 Å². The largest absolute Gasteiger partial charge is 0.394 e. The van der Waals surface area contributed by atoms with Crippen LogP contribution in [0.2, 0.25) is 0 Å². The SMILES string of the molecule is CC1OC(OC2C(O[C@H]3CC[C@@]4(C)C(C3)C(=O)C=C3C4CC[C@@]4(C)C3CCC4[C@H](C)C3CC[C@@H](C)C(OC4OC(C)C(O)C(O)C4O)O3)OC(CO)C(O)C2O)C(O)C(O)C1O. The molecule has 4 aliphatic heterocycles. The first-order valence-corrected chi connectivity index (χ1v) is 23.2. The summed E-state index contributed by atoms with van der Waals surface area (Å²) in [5.74, 6) is 0.751. The highest BCUT2D eigenvalue weighted by atomic mass is 16.8. The maximum Gasteiger partial charge on any atom is 0.189 e. The summed E-state index contributed by atoms with van der Waals surface area (Å²) < 4.78 is 42.6. The van der Waals surface area contributed by atoms with Gasteiger partial charge in [0, 0.05) is 11.8 Å². The van der Waals surface area contributed by atoms with Crippen LogP contribution in [0, 0.1) is 46.3 Å². The van der Waals surface area contributed by atoms with E-state index < -0.39 is 111 Å². The number of carbonyl (C=O) groups is 1. The third-order valence-electron chi connectivity index (χ3n) is 17.2. The topological polar surface area (TPSA) is 264 Å². The maximum atomic E-state index is 14.4. The third kappa shape index (κ3) is 8.19. The van der Waals surface area contributed by atoms with Crippen LogP contribution in [0.3, 0.4) is 0 Å². The van der Waals surface area contributed by atoms with E-state index in [0.717, 1.165) is 38.5 Å². The Hall–Kier alpha value is -1.23. The van der Waals surface area contributed by atoms with E-state index in [2.05, 4.69) is 20.8 Å². The Bertz CT molecular complexity index is 1620. The summed E-state index contributed by atoms with van der Waals surface area (Å²) in [6, 6.07) is 0. The van der Waals surface area contributed by atoms with E-state index in [4.69, 9.17) is 33.2 Å². The summed E-state index contributed by atoms with van der Waals surface area (Å²) in [6.07, 6.45) is -12.1. The Labute approximate surface area is 363 Å². The summed E-state index contributed by atoms with van der Waals surface area (Å²) >= 11 is 0. The van der Waals surface area contributed by atoms with E-state index in [9.17, 15) is 50.8 Å². The lowest BCUT2D eigenvalue weighted by atomic mass is 9.47. The lowest BCUT2D eigenvalue weighted by molar-refractivity contribution is -0.370. The molecule has 17 nitrogen and oxygen atoms in total. The van der Waals surface area contributed by atoms with Crippen LogP contribution in [-0.4, -0.2) is 169 Å². The van der Waals surface area contributed by atoms with Crippen LogP contribution >= 0.6 is 0 Å². The molecule has 21 unspecified atom stereocenters. The normalized spacial score (nSPS) is 55.1. The fourth-order valence-corrected chi connectivity index (χ4v) is 13.1. The Balaban J connectivity index is 0.936. The van der Waals surface area contributed by atoms with Crippen molar-refractivity contribution in [1.82, 2.24) is 0 Å². The van der Waals surface area contributed by atoms with Crippen LogP contribution in [0.5, 0.6) is 0 Å². The van der Waals surface area contributed by atoms with Gasteiger partial charge in [0.1, 0.15) is 61.0 Å². The first kappa shape index (κ1) is 47.3. The number of hydrogen-bond donors (Lipinski definition) is 9. The first-order chi connectivity index (χ1) is 29.3. The van der Waals surface area contributed by atoms with Crippen molar-refractivity contribution >= 4 is 5.78 Å². The Kier molecular flexibility index (Phi) is 13.8. The number of ketones is 1. The fourth-order valence-electron chi connectivity index (χ4n) is 13.1. The highest BCUT2D eigenvalue weighted by Gasteiger charge is 2.61. The summed E-state index contributed by atoms with van der Waals surface area (Å²) in [7, 11) is 0. The van der Waals surface area contributed by atoms with Gasteiger partial charge in [0.2, 0.25) is 0 Å². The second kappa shape index (κ2) is 18.1. The van der Waals surface area contributed by atoms with Crippen LogP contribution in [-0.2, 0) is 38.0 Å². The quantitative estimate of drug-likeness (QED) is 0.152. The van der Waals surface area contributed by atoms with Gasteiger partial charge in [-0.2, -0.15) is 0 Å². The van der Waals surface area contributed by atoms with Gasteiger partial charge in [-0.3, -0.25) is 4.79 Å². The van der Waals surface area contributed by atoms with E-state index in [-0.39, 0.29) is 52.3 Å². The molecule has 8 aliphatic rings. The molecule has 8 rings (SSSR count). The summed E-state index contributed by atoms with van der Waals surface area (Å²) in [5.41, 5.74) is 0.899. The molecule has 9 N–H and O–H groups in total. The number of hydrogen-bond acceptors (Lipinski definition) is 17. The molecule has 0 spiro atoms. The molecular formula is C45H72O17. The molecule has 4 saturated heterocycles. The van der Waals surface area contributed by atoms with Gasteiger partial charge < -0.3 is 79.1 Å². The average molecular weight is 885 g/mol. The number of aliphatic hydroxyl groups excluding tert-OH is 9. The zero-order chi connectivity index (χ0) is 44.7. The van der Waals surface area contributed by atoms with Crippen molar-refractivity contribution in [2.75, 3.05) is 6.61 Å². The molecule has 4 heterocycles. The molecule has 0 radical (unpaired) electrons. The van der Waals surface area contributed by atoms with Gasteiger partial charge in [0.25, 0.3) is 0 Å². The van der Waals surface area contributed by atoms with Crippen molar-refractivity contribution in [3.8, 4) is 0 Å². The van der Waals surface area contributed by atoms with Gasteiger partial charge in [0.15, 0.2) is 30.9 Å². The molecule has 4 aliphatic carbocycles. The second-order valence-electron chi connectivity index (χ2n) is 20.7. The minimum atomic E-state index is -1.68. The highest BCUT2D eigenvalue weighted by molar-refractivity contribution is 5.94. The molecule has 17 heteroatoms. The number of carbonyl (C=O) groups excluding carboxylic acids is 1. The molecule has 26 atom stereocenters. The molecule has 0 aromatic rings. The minimum absolute atomic E-state index is 0.0327. The standard InChI is InChI=1S/C45H72O17/c1-18-7-10-29(59-40(18)62-42-38(55)35(52)32(49)21(4)57-42)19(2)24-8-9-25-23-16-28(47)27-15-22(11-13-45(27,6)26(23)12-14-44(24,25)5)58-43-39(36(53)33(50)30(17-46)60-43)61-41-37(54)34(51)31(48)20(3)56-41/h16,18-22,24-27,29-43,46,48-55H,7-15,17H2,1-6H3/t18-,19+,20?,21?,22+,24?,25?,26?,27?,29?,30?,31?,32?,33?,34?,35?,36?,37?,38?,39?,40?,41?,42?,43?,44-,45-/m1/s1. The lowest BCUT2D eigenvalue weighted by Gasteiger charge is -2.57. The van der Waals surface area contributed by atoms with Gasteiger partial charge in [-0.1, -0.05) is 33.3 Å². The highest BCUT2D eigenvalue weighted by Crippen LogP contribution is 2.67. The predicted octanol–water partition coefficient (Wildman–Crippen LogP) is 0.403. The first-order valence-electron chi connectivity index (χ1n) is 23.2. The van der Waals surface area contributed by atoms with Gasteiger partial charge >= 0.3 is 0 Å². The molecule has 62 heavy (non-hydrogen) atoms. The summed E-state index contributed by atoms with van der Waals surface area (Å²) in [6.45, 7) is 11.4. The minimum Gasteiger partial charge on any atom is -0.394 e. The smallest absolute Gasteiger partial charge is 0.189 e. The van der Waals surface area contributed by atoms with Crippen molar-refractivity contribution in [1.29, 1.82) is 0 Å². The van der Waals surface area contributed by atoms with Crippen molar-refractivity contribution in [2.24, 2.45) is 46.3 Å². The average Bonchev–Trinajstić information content (AvgIpc) is 3.60. The van der Waals surface area contributed by atoms with E-state index >= 15 is 0 Å². The van der Waals surface area contributed by atoms with E-state index in [1.165, 1.54) is 12.5 Å². The molecule has 354 valence electrons. The third-order valence-corrected chi connectivity index (χ3v) is 17.2. The zero-order valence-corrected chi connectivity index (χ0v) is 36.8.